The Kier molecular flexibility index (Phi) is 4.84. The van der Waals surface area contributed by atoms with Crippen LogP contribution in [-0.2, 0) is 17.8 Å². The number of aliphatic hydroxyl groups excluding tert-OH is 1. The normalized spacial score (nSPS) is 13.8. The van der Waals surface area contributed by atoms with Crippen LogP contribution in [-0.4, -0.2) is 43.3 Å². The second kappa shape index (κ2) is 6.61. The fourth-order valence-electron chi connectivity index (χ4n) is 2.48. The van der Waals surface area contributed by atoms with E-state index in [9.17, 15) is 4.79 Å². The number of aliphatic hydroxyl groups is 1. The summed E-state index contributed by atoms with van der Waals surface area (Å²) in [6.45, 7) is 1.37. The zero-order valence-electron chi connectivity index (χ0n) is 12.0. The summed E-state index contributed by atoms with van der Waals surface area (Å²) in [4.78, 5) is 13.8. The van der Waals surface area contributed by atoms with Crippen LogP contribution in [0.15, 0.2) is 12.1 Å². The van der Waals surface area contributed by atoms with Crippen LogP contribution in [0.3, 0.4) is 0 Å². The zero-order chi connectivity index (χ0) is 14.5. The second-order valence-corrected chi connectivity index (χ2v) is 4.87. The first-order chi connectivity index (χ1) is 9.69. The molecule has 5 nitrogen and oxygen atoms in total. The molecule has 110 valence electrons. The Bertz CT molecular complexity index is 487. The van der Waals surface area contributed by atoms with E-state index in [1.165, 1.54) is 5.56 Å². The molecule has 0 saturated carbocycles. The third-order valence-corrected chi connectivity index (χ3v) is 3.62. The van der Waals surface area contributed by atoms with Crippen molar-refractivity contribution >= 4 is 5.91 Å². The smallest absolute Gasteiger partial charge is 0.222 e. The van der Waals surface area contributed by atoms with Gasteiger partial charge in [-0.25, -0.2) is 0 Å². The standard InChI is InChI=1S/C15H21NO4/c1-19-13-8-11-5-6-16(15(18)4-3-7-17)10-12(11)9-14(13)20-2/h8-9,17H,3-7,10H2,1-2H3. The number of hydrogen-bond donors (Lipinski definition) is 1. The summed E-state index contributed by atoms with van der Waals surface area (Å²) in [6.07, 6.45) is 1.74. The number of benzene rings is 1. The van der Waals surface area contributed by atoms with Crippen molar-refractivity contribution in [3.05, 3.63) is 23.3 Å². The number of nitrogens with zero attached hydrogens (tertiary/aromatic N) is 1. The van der Waals surface area contributed by atoms with Crippen molar-refractivity contribution in [2.24, 2.45) is 0 Å². The maximum atomic E-state index is 12.0. The van der Waals surface area contributed by atoms with Gasteiger partial charge in [0.05, 0.1) is 14.2 Å². The van der Waals surface area contributed by atoms with E-state index in [0.29, 0.717) is 31.7 Å². The van der Waals surface area contributed by atoms with Gasteiger partial charge in [0.2, 0.25) is 5.91 Å². The molecule has 0 spiro atoms. The molecule has 0 aromatic heterocycles. The first-order valence-corrected chi connectivity index (χ1v) is 6.82. The molecule has 0 atom stereocenters. The molecule has 5 heteroatoms. The Morgan fingerprint density at radius 3 is 2.50 bits per heavy atom. The highest BCUT2D eigenvalue weighted by molar-refractivity contribution is 5.76. The Morgan fingerprint density at radius 2 is 1.90 bits per heavy atom. The Balaban J connectivity index is 2.15. The van der Waals surface area contributed by atoms with Gasteiger partial charge in [-0.05, 0) is 36.1 Å². The third-order valence-electron chi connectivity index (χ3n) is 3.62. The van der Waals surface area contributed by atoms with E-state index in [4.69, 9.17) is 14.6 Å². The fraction of sp³-hybridized carbons (Fsp3) is 0.533. The number of carbonyl (C=O) groups excluding carboxylic acids is 1. The van der Waals surface area contributed by atoms with Crippen molar-refractivity contribution < 1.29 is 19.4 Å². The van der Waals surface area contributed by atoms with Crippen LogP contribution in [0.2, 0.25) is 0 Å². The van der Waals surface area contributed by atoms with Crippen LogP contribution in [0.5, 0.6) is 11.5 Å². The largest absolute Gasteiger partial charge is 0.493 e. The van der Waals surface area contributed by atoms with Gasteiger partial charge < -0.3 is 19.5 Å². The second-order valence-electron chi connectivity index (χ2n) is 4.87. The topological polar surface area (TPSA) is 59.0 Å². The average Bonchev–Trinajstić information content (AvgIpc) is 2.50. The molecule has 0 radical (unpaired) electrons. The van der Waals surface area contributed by atoms with Gasteiger partial charge in [0.1, 0.15) is 0 Å². The van der Waals surface area contributed by atoms with Crippen LogP contribution in [0, 0.1) is 0 Å². The number of fused-ring (bicyclic) bond motifs is 1. The summed E-state index contributed by atoms with van der Waals surface area (Å²) in [6, 6.07) is 3.93. The van der Waals surface area contributed by atoms with Crippen molar-refractivity contribution in [2.75, 3.05) is 27.4 Å². The fourth-order valence-corrected chi connectivity index (χ4v) is 2.48. The van der Waals surface area contributed by atoms with Gasteiger partial charge in [-0.2, -0.15) is 0 Å². The number of amides is 1. The van der Waals surface area contributed by atoms with Crippen molar-refractivity contribution in [1.82, 2.24) is 4.90 Å². The van der Waals surface area contributed by atoms with E-state index < -0.39 is 0 Å². The minimum atomic E-state index is 0.0567. The van der Waals surface area contributed by atoms with Gasteiger partial charge in [-0.3, -0.25) is 4.79 Å². The SMILES string of the molecule is COc1cc2c(cc1OC)CN(C(=O)CCCO)CC2. The molecule has 0 aliphatic carbocycles. The van der Waals surface area contributed by atoms with E-state index in [1.807, 2.05) is 17.0 Å². The molecule has 2 rings (SSSR count). The lowest BCUT2D eigenvalue weighted by atomic mass is 9.98. The molecule has 20 heavy (non-hydrogen) atoms. The summed E-state index contributed by atoms with van der Waals surface area (Å²) in [5.74, 6) is 1.52. The van der Waals surface area contributed by atoms with Crippen LogP contribution in [0.25, 0.3) is 0 Å². The molecule has 1 aromatic carbocycles. The molecule has 0 bridgehead atoms. The van der Waals surface area contributed by atoms with Gasteiger partial charge in [-0.15, -0.1) is 0 Å². The first kappa shape index (κ1) is 14.7. The van der Waals surface area contributed by atoms with Gasteiger partial charge in [-0.1, -0.05) is 0 Å². The van der Waals surface area contributed by atoms with E-state index in [0.717, 1.165) is 17.7 Å². The third kappa shape index (κ3) is 3.04. The summed E-state index contributed by atoms with van der Waals surface area (Å²) < 4.78 is 10.6. The zero-order valence-corrected chi connectivity index (χ0v) is 12.0. The number of carbonyl (C=O) groups is 1. The summed E-state index contributed by atoms with van der Waals surface area (Å²) >= 11 is 0. The van der Waals surface area contributed by atoms with Crippen LogP contribution in [0.1, 0.15) is 24.0 Å². The summed E-state index contributed by atoms with van der Waals surface area (Å²) in [7, 11) is 3.23. The molecule has 1 aromatic rings. The lowest BCUT2D eigenvalue weighted by molar-refractivity contribution is -0.132. The predicted molar refractivity (Wildman–Crippen MR) is 75.0 cm³/mol. The molecule has 0 fully saturated rings. The van der Waals surface area contributed by atoms with Gasteiger partial charge >= 0.3 is 0 Å². The minimum absolute atomic E-state index is 0.0567. The molecule has 1 aliphatic rings. The molecule has 0 saturated heterocycles. The Morgan fingerprint density at radius 1 is 1.25 bits per heavy atom. The van der Waals surface area contributed by atoms with Crippen molar-refractivity contribution in [1.29, 1.82) is 0 Å². The van der Waals surface area contributed by atoms with Gasteiger partial charge in [0, 0.05) is 26.1 Å². The first-order valence-electron chi connectivity index (χ1n) is 6.82. The Labute approximate surface area is 119 Å². The van der Waals surface area contributed by atoms with Crippen LogP contribution >= 0.6 is 0 Å². The monoisotopic (exact) mass is 279 g/mol. The highest BCUT2D eigenvalue weighted by Crippen LogP contribution is 2.33. The molecule has 0 unspecified atom stereocenters. The van der Waals surface area contributed by atoms with E-state index in [-0.39, 0.29) is 12.5 Å². The molecule has 1 aliphatic heterocycles. The average molecular weight is 279 g/mol. The molecular weight excluding hydrogens is 258 g/mol. The lowest BCUT2D eigenvalue weighted by Gasteiger charge is -2.29. The van der Waals surface area contributed by atoms with Crippen molar-refractivity contribution in [3.63, 3.8) is 0 Å². The highest BCUT2D eigenvalue weighted by atomic mass is 16.5. The van der Waals surface area contributed by atoms with Crippen molar-refractivity contribution in [2.45, 2.75) is 25.8 Å². The van der Waals surface area contributed by atoms with Crippen LogP contribution in [0.4, 0.5) is 0 Å². The highest BCUT2D eigenvalue weighted by Gasteiger charge is 2.22. The molecule has 1 N–H and O–H groups in total. The summed E-state index contributed by atoms with van der Waals surface area (Å²) in [5.41, 5.74) is 2.31. The number of rotatable bonds is 5. The molecule has 1 heterocycles. The van der Waals surface area contributed by atoms with Gasteiger partial charge in [0.15, 0.2) is 11.5 Å². The van der Waals surface area contributed by atoms with E-state index >= 15 is 0 Å². The maximum absolute atomic E-state index is 12.0. The predicted octanol–water partition coefficient (Wildman–Crippen LogP) is 1.36. The Hall–Kier alpha value is -1.75. The minimum Gasteiger partial charge on any atom is -0.493 e. The molecular formula is C15H21NO4. The van der Waals surface area contributed by atoms with Crippen molar-refractivity contribution in [3.8, 4) is 11.5 Å². The molecule has 1 amide bonds. The number of hydrogen-bond acceptors (Lipinski definition) is 4. The van der Waals surface area contributed by atoms with E-state index in [2.05, 4.69) is 0 Å². The number of ether oxygens (including phenoxy) is 2. The van der Waals surface area contributed by atoms with Crippen LogP contribution < -0.4 is 9.47 Å². The maximum Gasteiger partial charge on any atom is 0.222 e. The van der Waals surface area contributed by atoms with Gasteiger partial charge in [0.25, 0.3) is 0 Å². The quantitative estimate of drug-likeness (QED) is 0.884. The number of methoxy groups -OCH3 is 2. The summed E-state index contributed by atoms with van der Waals surface area (Å²) in [5, 5.41) is 8.80. The van der Waals surface area contributed by atoms with E-state index in [1.54, 1.807) is 14.2 Å². The lowest BCUT2D eigenvalue weighted by Crippen LogP contribution is -2.35.